The third-order valence-electron chi connectivity index (χ3n) is 4.38. The van der Waals surface area contributed by atoms with E-state index in [1.54, 1.807) is 0 Å². The molecule has 22 heavy (non-hydrogen) atoms. The monoisotopic (exact) mass is 301 g/mol. The van der Waals surface area contributed by atoms with Gasteiger partial charge in [0.25, 0.3) is 0 Å². The number of nitrogens with one attached hydrogen (secondary N) is 1. The zero-order chi connectivity index (χ0) is 16.6. The van der Waals surface area contributed by atoms with Gasteiger partial charge in [-0.15, -0.1) is 0 Å². The average molecular weight is 301 g/mol. The molecular formula is C19H31N3. The van der Waals surface area contributed by atoms with Crippen LogP contribution in [0, 0.1) is 11.3 Å². The van der Waals surface area contributed by atoms with Crippen molar-refractivity contribution >= 4 is 0 Å². The van der Waals surface area contributed by atoms with E-state index in [0.29, 0.717) is 6.04 Å². The minimum absolute atomic E-state index is 0.414. The molecule has 1 unspecified atom stereocenters. The fraction of sp³-hybridized carbons (Fsp3) is 0.632. The molecule has 1 N–H and O–H groups in total. The van der Waals surface area contributed by atoms with Crippen molar-refractivity contribution in [3.05, 3.63) is 35.4 Å². The second-order valence-corrected chi connectivity index (χ2v) is 6.53. The molecule has 0 amide bonds. The van der Waals surface area contributed by atoms with E-state index in [1.165, 1.54) is 12.0 Å². The maximum absolute atomic E-state index is 9.17. The van der Waals surface area contributed by atoms with Crippen molar-refractivity contribution in [1.29, 1.82) is 5.26 Å². The minimum atomic E-state index is -0.414. The van der Waals surface area contributed by atoms with Gasteiger partial charge in [0.15, 0.2) is 0 Å². The van der Waals surface area contributed by atoms with Crippen LogP contribution in [0.2, 0.25) is 0 Å². The molecule has 3 nitrogen and oxygen atoms in total. The van der Waals surface area contributed by atoms with Crippen LogP contribution in [0.3, 0.4) is 0 Å². The zero-order valence-corrected chi connectivity index (χ0v) is 14.8. The molecule has 1 rings (SSSR count). The highest BCUT2D eigenvalue weighted by Gasteiger charge is 2.19. The number of rotatable bonds is 9. The van der Waals surface area contributed by atoms with Crippen LogP contribution in [0.15, 0.2) is 24.3 Å². The molecule has 0 aliphatic rings. The van der Waals surface area contributed by atoms with Crippen molar-refractivity contribution in [3.63, 3.8) is 0 Å². The summed E-state index contributed by atoms with van der Waals surface area (Å²) in [6.07, 6.45) is 1.17. The van der Waals surface area contributed by atoms with Crippen molar-refractivity contribution in [3.8, 4) is 6.07 Å². The third kappa shape index (κ3) is 5.79. The first-order valence-corrected chi connectivity index (χ1v) is 8.39. The summed E-state index contributed by atoms with van der Waals surface area (Å²) in [5.74, 6) is 0. The lowest BCUT2D eigenvalue weighted by Gasteiger charge is -2.21. The van der Waals surface area contributed by atoms with Crippen molar-refractivity contribution in [2.24, 2.45) is 0 Å². The standard InChI is InChI=1S/C19H31N3/c1-6-22(7-2)13-12-16(3)21-14-17-8-10-18(11-9-17)19(4,5)15-20/h8-11,16,21H,6-7,12-14H2,1-5H3. The number of nitriles is 1. The third-order valence-corrected chi connectivity index (χ3v) is 4.38. The van der Waals surface area contributed by atoms with Gasteiger partial charge in [-0.25, -0.2) is 0 Å². The maximum atomic E-state index is 9.17. The van der Waals surface area contributed by atoms with Crippen LogP contribution in [0.1, 0.15) is 52.2 Å². The average Bonchev–Trinajstić information content (AvgIpc) is 2.54. The summed E-state index contributed by atoms with van der Waals surface area (Å²) in [5, 5.41) is 12.8. The van der Waals surface area contributed by atoms with Crippen LogP contribution in [-0.2, 0) is 12.0 Å². The molecule has 0 aliphatic heterocycles. The Morgan fingerprint density at radius 3 is 2.27 bits per heavy atom. The molecule has 0 saturated heterocycles. The summed E-state index contributed by atoms with van der Waals surface area (Å²) in [5.41, 5.74) is 1.93. The van der Waals surface area contributed by atoms with Gasteiger partial charge < -0.3 is 10.2 Å². The van der Waals surface area contributed by atoms with Crippen LogP contribution >= 0.6 is 0 Å². The van der Waals surface area contributed by atoms with E-state index in [4.69, 9.17) is 0 Å². The first-order chi connectivity index (χ1) is 10.4. The molecule has 0 radical (unpaired) electrons. The van der Waals surface area contributed by atoms with E-state index in [-0.39, 0.29) is 0 Å². The molecule has 0 saturated carbocycles. The Morgan fingerprint density at radius 1 is 1.18 bits per heavy atom. The topological polar surface area (TPSA) is 39.1 Å². The predicted molar refractivity (Wildman–Crippen MR) is 93.8 cm³/mol. The molecule has 0 aromatic heterocycles. The fourth-order valence-electron chi connectivity index (χ4n) is 2.41. The van der Waals surface area contributed by atoms with E-state index in [0.717, 1.165) is 31.7 Å². The van der Waals surface area contributed by atoms with Gasteiger partial charge >= 0.3 is 0 Å². The summed E-state index contributed by atoms with van der Waals surface area (Å²) < 4.78 is 0. The Balaban J connectivity index is 2.43. The van der Waals surface area contributed by atoms with E-state index < -0.39 is 5.41 Å². The molecule has 1 aromatic carbocycles. The summed E-state index contributed by atoms with van der Waals surface area (Å²) in [6, 6.07) is 11.2. The highest BCUT2D eigenvalue weighted by atomic mass is 15.1. The van der Waals surface area contributed by atoms with Crippen molar-refractivity contribution < 1.29 is 0 Å². The lowest BCUT2D eigenvalue weighted by atomic mass is 9.86. The van der Waals surface area contributed by atoms with Crippen LogP contribution in [-0.4, -0.2) is 30.6 Å². The Labute approximate surface area is 136 Å². The van der Waals surface area contributed by atoms with E-state index in [1.807, 2.05) is 13.8 Å². The lowest BCUT2D eigenvalue weighted by molar-refractivity contribution is 0.284. The molecule has 122 valence electrons. The quantitative estimate of drug-likeness (QED) is 0.756. The predicted octanol–water partition coefficient (Wildman–Crippen LogP) is 3.70. The van der Waals surface area contributed by atoms with Gasteiger partial charge in [0, 0.05) is 12.6 Å². The lowest BCUT2D eigenvalue weighted by Crippen LogP contribution is -2.32. The highest BCUT2D eigenvalue weighted by Crippen LogP contribution is 2.22. The van der Waals surface area contributed by atoms with Gasteiger partial charge in [0.05, 0.1) is 11.5 Å². The van der Waals surface area contributed by atoms with E-state index >= 15 is 0 Å². The van der Waals surface area contributed by atoms with Crippen LogP contribution < -0.4 is 5.32 Å². The number of nitrogens with zero attached hydrogens (tertiary/aromatic N) is 2. The first-order valence-electron chi connectivity index (χ1n) is 8.39. The summed E-state index contributed by atoms with van der Waals surface area (Å²) in [7, 11) is 0. The molecule has 3 heteroatoms. The fourth-order valence-corrected chi connectivity index (χ4v) is 2.41. The SMILES string of the molecule is CCN(CC)CCC(C)NCc1ccc(C(C)(C)C#N)cc1. The van der Waals surface area contributed by atoms with Crippen LogP contribution in [0.5, 0.6) is 0 Å². The smallest absolute Gasteiger partial charge is 0.0766 e. The van der Waals surface area contributed by atoms with Gasteiger partial charge in [-0.05, 0) is 58.0 Å². The molecule has 0 heterocycles. The molecule has 1 aromatic rings. The van der Waals surface area contributed by atoms with Gasteiger partial charge in [-0.1, -0.05) is 38.1 Å². The zero-order valence-electron chi connectivity index (χ0n) is 14.8. The second-order valence-electron chi connectivity index (χ2n) is 6.53. The van der Waals surface area contributed by atoms with Gasteiger partial charge in [-0.2, -0.15) is 5.26 Å². The largest absolute Gasteiger partial charge is 0.310 e. The summed E-state index contributed by atoms with van der Waals surface area (Å²) in [6.45, 7) is 14.9. The Kier molecular flexibility index (Phi) is 7.58. The summed E-state index contributed by atoms with van der Waals surface area (Å²) >= 11 is 0. The summed E-state index contributed by atoms with van der Waals surface area (Å²) in [4.78, 5) is 2.46. The van der Waals surface area contributed by atoms with Crippen molar-refractivity contribution in [2.75, 3.05) is 19.6 Å². The van der Waals surface area contributed by atoms with E-state index in [2.05, 4.69) is 61.3 Å². The Morgan fingerprint density at radius 2 is 1.77 bits per heavy atom. The molecule has 0 aliphatic carbocycles. The molecule has 0 spiro atoms. The first kappa shape index (κ1) is 18.7. The maximum Gasteiger partial charge on any atom is 0.0766 e. The van der Waals surface area contributed by atoms with E-state index in [9.17, 15) is 5.26 Å². The van der Waals surface area contributed by atoms with Crippen molar-refractivity contribution in [1.82, 2.24) is 10.2 Å². The normalized spacial score (nSPS) is 13.1. The molecule has 1 atom stereocenters. The van der Waals surface area contributed by atoms with Gasteiger partial charge in [0.1, 0.15) is 0 Å². The second kappa shape index (κ2) is 8.92. The molecular weight excluding hydrogens is 270 g/mol. The number of hydrogen-bond acceptors (Lipinski definition) is 3. The van der Waals surface area contributed by atoms with Gasteiger partial charge in [-0.3, -0.25) is 0 Å². The van der Waals surface area contributed by atoms with Gasteiger partial charge in [0.2, 0.25) is 0 Å². The highest BCUT2D eigenvalue weighted by molar-refractivity contribution is 5.32. The number of benzene rings is 1. The van der Waals surface area contributed by atoms with Crippen LogP contribution in [0.4, 0.5) is 0 Å². The molecule has 0 fully saturated rings. The van der Waals surface area contributed by atoms with Crippen LogP contribution in [0.25, 0.3) is 0 Å². The Hall–Kier alpha value is -1.37. The van der Waals surface area contributed by atoms with Crippen molar-refractivity contribution in [2.45, 2.75) is 59.0 Å². The Bertz CT molecular complexity index is 466. The number of hydrogen-bond donors (Lipinski definition) is 1. The minimum Gasteiger partial charge on any atom is -0.310 e. The molecule has 0 bridgehead atoms.